The molecule has 6 heteroatoms. The van der Waals surface area contributed by atoms with Crippen LogP contribution < -0.4 is 10.6 Å². The number of nitrogens with one attached hydrogen (secondary N) is 2. The van der Waals surface area contributed by atoms with Crippen LogP contribution in [0.5, 0.6) is 0 Å². The molecule has 2 rings (SSSR count). The largest absolute Gasteiger partial charge is 0.359 e. The molecular formula is C12H14N2O2S2. The zero-order chi connectivity index (χ0) is 13.0. The lowest BCUT2D eigenvalue weighted by molar-refractivity contribution is 0.602. The van der Waals surface area contributed by atoms with E-state index in [1.165, 1.54) is 5.41 Å². The van der Waals surface area contributed by atoms with E-state index in [0.29, 0.717) is 11.7 Å². The molecule has 1 aliphatic rings. The molecule has 0 spiro atoms. The van der Waals surface area contributed by atoms with E-state index in [1.807, 2.05) is 30.3 Å². The average molecular weight is 282 g/mol. The number of sulfone groups is 1. The molecule has 96 valence electrons. The second kappa shape index (κ2) is 5.49. The molecule has 1 atom stereocenters. The van der Waals surface area contributed by atoms with Crippen molar-refractivity contribution < 1.29 is 8.42 Å². The van der Waals surface area contributed by atoms with Crippen molar-refractivity contribution >= 4 is 27.2 Å². The molecule has 0 bridgehead atoms. The van der Waals surface area contributed by atoms with Crippen molar-refractivity contribution in [2.45, 2.75) is 12.6 Å². The average Bonchev–Trinajstić information content (AvgIpc) is 2.67. The van der Waals surface area contributed by atoms with Gasteiger partial charge in [-0.25, -0.2) is 8.42 Å². The van der Waals surface area contributed by atoms with Gasteiger partial charge in [0.1, 0.15) is 0 Å². The van der Waals surface area contributed by atoms with Crippen molar-refractivity contribution in [1.29, 1.82) is 0 Å². The molecule has 0 aliphatic carbocycles. The van der Waals surface area contributed by atoms with Gasteiger partial charge in [0.15, 0.2) is 14.9 Å². The summed E-state index contributed by atoms with van der Waals surface area (Å²) in [5, 5.41) is 7.69. The van der Waals surface area contributed by atoms with E-state index in [-0.39, 0.29) is 11.8 Å². The highest BCUT2D eigenvalue weighted by atomic mass is 32.2. The van der Waals surface area contributed by atoms with Gasteiger partial charge in [-0.1, -0.05) is 30.3 Å². The Bertz CT molecular complexity index is 553. The Morgan fingerprint density at radius 3 is 2.67 bits per heavy atom. The second-order valence-electron chi connectivity index (χ2n) is 4.08. The third-order valence-electron chi connectivity index (χ3n) is 2.54. The molecule has 1 aliphatic heterocycles. The fourth-order valence-electron chi connectivity index (χ4n) is 1.66. The Labute approximate surface area is 112 Å². The van der Waals surface area contributed by atoms with Crippen LogP contribution in [0.2, 0.25) is 0 Å². The molecule has 18 heavy (non-hydrogen) atoms. The highest BCUT2D eigenvalue weighted by Gasteiger charge is 2.21. The van der Waals surface area contributed by atoms with Crippen LogP contribution in [-0.4, -0.2) is 25.3 Å². The van der Waals surface area contributed by atoms with Gasteiger partial charge in [0, 0.05) is 12.0 Å². The molecule has 1 heterocycles. The lowest BCUT2D eigenvalue weighted by Crippen LogP contribution is -2.41. The van der Waals surface area contributed by atoms with Gasteiger partial charge < -0.3 is 10.6 Å². The number of benzene rings is 1. The van der Waals surface area contributed by atoms with Crippen molar-refractivity contribution in [2.24, 2.45) is 0 Å². The Hall–Kier alpha value is -1.40. The Morgan fingerprint density at radius 1 is 1.33 bits per heavy atom. The highest BCUT2D eigenvalue weighted by Crippen LogP contribution is 2.07. The maximum Gasteiger partial charge on any atom is 0.173 e. The second-order valence-corrected chi connectivity index (χ2v) is 6.42. The van der Waals surface area contributed by atoms with E-state index in [1.54, 1.807) is 6.08 Å². The van der Waals surface area contributed by atoms with Gasteiger partial charge >= 0.3 is 0 Å². The predicted molar refractivity (Wildman–Crippen MR) is 75.7 cm³/mol. The molecule has 1 aromatic carbocycles. The van der Waals surface area contributed by atoms with Crippen LogP contribution in [0.1, 0.15) is 5.56 Å². The molecule has 0 aromatic heterocycles. The van der Waals surface area contributed by atoms with Crippen molar-refractivity contribution in [3.63, 3.8) is 0 Å². The quantitative estimate of drug-likeness (QED) is 0.809. The van der Waals surface area contributed by atoms with Crippen molar-refractivity contribution in [2.75, 3.05) is 5.75 Å². The van der Waals surface area contributed by atoms with Crippen LogP contribution in [0, 0.1) is 0 Å². The minimum Gasteiger partial charge on any atom is -0.359 e. The maximum absolute atomic E-state index is 11.2. The van der Waals surface area contributed by atoms with Gasteiger partial charge in [-0.2, -0.15) is 0 Å². The maximum atomic E-state index is 11.2. The standard InChI is InChI=1S/C12H14N2O2S2/c15-18(16)7-6-11(9-18)14-12(17)13-8-10-4-2-1-3-5-10/h1-7,11H,8-9H2,(H2,13,14,17)/t11-/m1/s1. The van der Waals surface area contributed by atoms with Crippen LogP contribution in [0.15, 0.2) is 41.8 Å². The van der Waals surface area contributed by atoms with Gasteiger partial charge in [0.2, 0.25) is 0 Å². The third kappa shape index (κ3) is 3.82. The molecule has 0 amide bonds. The Morgan fingerprint density at radius 2 is 2.06 bits per heavy atom. The summed E-state index contributed by atoms with van der Waals surface area (Å²) in [6.45, 7) is 0.621. The SMILES string of the molecule is O=S1(=O)C=C[C@@H](NC(=S)NCc2ccccc2)C1. The first-order valence-corrected chi connectivity index (χ1v) is 7.67. The number of rotatable bonds is 3. The number of hydrogen-bond acceptors (Lipinski definition) is 3. The predicted octanol–water partition coefficient (Wildman–Crippen LogP) is 0.961. The van der Waals surface area contributed by atoms with E-state index in [2.05, 4.69) is 10.6 Å². The summed E-state index contributed by atoms with van der Waals surface area (Å²) in [4.78, 5) is 0. The van der Waals surface area contributed by atoms with Crippen LogP contribution >= 0.6 is 12.2 Å². The van der Waals surface area contributed by atoms with E-state index in [4.69, 9.17) is 12.2 Å². The molecule has 0 fully saturated rings. The summed E-state index contributed by atoms with van der Waals surface area (Å²) in [5.41, 5.74) is 1.12. The summed E-state index contributed by atoms with van der Waals surface area (Å²) in [6.07, 6.45) is 1.62. The van der Waals surface area contributed by atoms with Gasteiger partial charge in [-0.15, -0.1) is 0 Å². The molecule has 0 saturated heterocycles. The molecule has 0 radical (unpaired) electrons. The van der Waals surface area contributed by atoms with E-state index in [0.717, 1.165) is 5.56 Å². The van der Waals surface area contributed by atoms with E-state index < -0.39 is 9.84 Å². The number of hydrogen-bond donors (Lipinski definition) is 2. The first kappa shape index (κ1) is 13.0. The highest BCUT2D eigenvalue weighted by molar-refractivity contribution is 7.94. The summed E-state index contributed by atoms with van der Waals surface area (Å²) in [5.74, 6) is 0.0696. The normalized spacial score (nSPS) is 20.6. The van der Waals surface area contributed by atoms with Crippen LogP contribution in [0.3, 0.4) is 0 Å². The van der Waals surface area contributed by atoms with Gasteiger partial charge in [-0.3, -0.25) is 0 Å². The lowest BCUT2D eigenvalue weighted by atomic mass is 10.2. The topological polar surface area (TPSA) is 58.2 Å². The van der Waals surface area contributed by atoms with Crippen LogP contribution in [-0.2, 0) is 16.4 Å². The van der Waals surface area contributed by atoms with E-state index in [9.17, 15) is 8.42 Å². The first-order valence-electron chi connectivity index (χ1n) is 5.54. The molecule has 0 saturated carbocycles. The van der Waals surface area contributed by atoms with E-state index >= 15 is 0 Å². The fourth-order valence-corrected chi connectivity index (χ4v) is 3.12. The zero-order valence-electron chi connectivity index (χ0n) is 9.67. The van der Waals surface area contributed by atoms with Crippen LogP contribution in [0.4, 0.5) is 0 Å². The third-order valence-corrected chi connectivity index (χ3v) is 4.20. The Kier molecular flexibility index (Phi) is 3.98. The number of thiocarbonyl (C=S) groups is 1. The summed E-state index contributed by atoms with van der Waals surface area (Å²) in [6, 6.07) is 9.63. The minimum absolute atomic E-state index is 0.0696. The molecular weight excluding hydrogens is 268 g/mol. The van der Waals surface area contributed by atoms with Gasteiger partial charge in [0.25, 0.3) is 0 Å². The summed E-state index contributed by atoms with van der Waals surface area (Å²) >= 11 is 5.11. The van der Waals surface area contributed by atoms with Gasteiger partial charge in [0.05, 0.1) is 11.8 Å². The molecule has 2 N–H and O–H groups in total. The smallest absolute Gasteiger partial charge is 0.173 e. The van der Waals surface area contributed by atoms with Crippen molar-refractivity contribution in [3.8, 4) is 0 Å². The van der Waals surface area contributed by atoms with Gasteiger partial charge in [-0.05, 0) is 23.9 Å². The molecule has 4 nitrogen and oxygen atoms in total. The zero-order valence-corrected chi connectivity index (χ0v) is 11.3. The summed E-state index contributed by atoms with van der Waals surface area (Å²) in [7, 11) is -3.04. The Balaban J connectivity index is 1.79. The lowest BCUT2D eigenvalue weighted by Gasteiger charge is -2.14. The fraction of sp³-hybridized carbons (Fsp3) is 0.250. The first-order chi connectivity index (χ1) is 8.55. The monoisotopic (exact) mass is 282 g/mol. The van der Waals surface area contributed by atoms with Crippen molar-refractivity contribution in [3.05, 3.63) is 47.4 Å². The summed E-state index contributed by atoms with van der Waals surface area (Å²) < 4.78 is 22.4. The molecule has 1 aromatic rings. The molecule has 0 unspecified atom stereocenters. The van der Waals surface area contributed by atoms with Crippen molar-refractivity contribution in [1.82, 2.24) is 10.6 Å². The van der Waals surface area contributed by atoms with Crippen LogP contribution in [0.25, 0.3) is 0 Å². The minimum atomic E-state index is -3.04.